The summed E-state index contributed by atoms with van der Waals surface area (Å²) in [6.07, 6.45) is 5.64. The minimum Gasteiger partial charge on any atom is -0.330 e. The number of rotatable bonds is 7. The second-order valence-corrected chi connectivity index (χ2v) is 3.50. The van der Waals surface area contributed by atoms with Gasteiger partial charge in [-0.3, -0.25) is 0 Å². The summed E-state index contributed by atoms with van der Waals surface area (Å²) in [6.45, 7) is 2.92. The van der Waals surface area contributed by atoms with Crippen LogP contribution in [-0.4, -0.2) is 12.7 Å². The van der Waals surface area contributed by atoms with E-state index >= 15 is 0 Å². The second kappa shape index (κ2) is 7.53. The second-order valence-electron chi connectivity index (χ2n) is 3.50. The van der Waals surface area contributed by atoms with Crippen molar-refractivity contribution in [1.29, 1.82) is 0 Å². The molecule has 0 aromatic rings. The maximum atomic E-state index is 5.59. The highest BCUT2D eigenvalue weighted by atomic mass is 14.8. The molecule has 0 aliphatic heterocycles. The fourth-order valence-corrected chi connectivity index (χ4v) is 1.40. The average Bonchev–Trinajstić information content (AvgIpc) is 2.02. The largest absolute Gasteiger partial charge is 0.330 e. The summed E-state index contributed by atoms with van der Waals surface area (Å²) >= 11 is 0. The van der Waals surface area contributed by atoms with Gasteiger partial charge in [0, 0.05) is 0 Å². The molecule has 3 nitrogen and oxygen atoms in total. The summed E-state index contributed by atoms with van der Waals surface area (Å²) in [6, 6.07) is 0. The molecule has 6 N–H and O–H groups in total. The Balaban J connectivity index is 3.39. The standard InChI is InChI=1S/C9H23N3/c1-2-3-4-5-8(7-10)6-9(11)12/h8-9H,2-7,10-12H2,1H3. The number of unbranched alkanes of at least 4 members (excludes halogenated alkanes) is 2. The zero-order valence-corrected chi connectivity index (χ0v) is 8.13. The highest BCUT2D eigenvalue weighted by Gasteiger charge is 2.08. The first kappa shape index (κ1) is 11.9. The molecule has 0 aliphatic rings. The van der Waals surface area contributed by atoms with Gasteiger partial charge in [-0.2, -0.15) is 0 Å². The molecule has 1 unspecified atom stereocenters. The Hall–Kier alpha value is -0.120. The quantitative estimate of drug-likeness (QED) is 0.393. The zero-order chi connectivity index (χ0) is 9.40. The topological polar surface area (TPSA) is 78.1 Å². The molecule has 74 valence electrons. The predicted molar refractivity (Wildman–Crippen MR) is 53.5 cm³/mol. The molecule has 0 rings (SSSR count). The van der Waals surface area contributed by atoms with Crippen molar-refractivity contribution < 1.29 is 0 Å². The van der Waals surface area contributed by atoms with Crippen LogP contribution in [0.5, 0.6) is 0 Å². The minimum absolute atomic E-state index is 0.194. The van der Waals surface area contributed by atoms with Crippen LogP contribution in [0, 0.1) is 5.92 Å². The Bertz CT molecular complexity index is 93.8. The van der Waals surface area contributed by atoms with Crippen LogP contribution in [0.25, 0.3) is 0 Å². The van der Waals surface area contributed by atoms with Crippen molar-refractivity contribution in [3.05, 3.63) is 0 Å². The smallest absolute Gasteiger partial charge is 0.0524 e. The van der Waals surface area contributed by atoms with Crippen LogP contribution in [0.2, 0.25) is 0 Å². The van der Waals surface area contributed by atoms with Crippen molar-refractivity contribution in [3.8, 4) is 0 Å². The van der Waals surface area contributed by atoms with E-state index < -0.39 is 0 Å². The molecule has 1 atom stereocenters. The molecule has 0 fully saturated rings. The molecule has 12 heavy (non-hydrogen) atoms. The van der Waals surface area contributed by atoms with Gasteiger partial charge in [0.2, 0.25) is 0 Å². The van der Waals surface area contributed by atoms with Crippen LogP contribution < -0.4 is 17.2 Å². The molecule has 0 saturated carbocycles. The Labute approximate surface area is 75.7 Å². The van der Waals surface area contributed by atoms with Gasteiger partial charge in [0.15, 0.2) is 0 Å². The van der Waals surface area contributed by atoms with Gasteiger partial charge in [0.1, 0.15) is 0 Å². The van der Waals surface area contributed by atoms with E-state index in [1.165, 1.54) is 25.7 Å². The first-order chi connectivity index (χ1) is 5.70. The summed E-state index contributed by atoms with van der Waals surface area (Å²) in [5.41, 5.74) is 16.6. The highest BCUT2D eigenvalue weighted by molar-refractivity contribution is 4.64. The van der Waals surface area contributed by atoms with Crippen LogP contribution in [0.3, 0.4) is 0 Å². The van der Waals surface area contributed by atoms with Crippen molar-refractivity contribution >= 4 is 0 Å². The summed E-state index contributed by atoms with van der Waals surface area (Å²) in [7, 11) is 0. The Morgan fingerprint density at radius 1 is 1.17 bits per heavy atom. The van der Waals surface area contributed by atoms with Crippen LogP contribution in [0.4, 0.5) is 0 Å². The third kappa shape index (κ3) is 6.58. The summed E-state index contributed by atoms with van der Waals surface area (Å²) in [5, 5.41) is 0. The van der Waals surface area contributed by atoms with Crippen LogP contribution in [-0.2, 0) is 0 Å². The summed E-state index contributed by atoms with van der Waals surface area (Å²) in [5.74, 6) is 0.525. The lowest BCUT2D eigenvalue weighted by molar-refractivity contribution is 0.403. The molecule has 0 spiro atoms. The molecule has 3 heteroatoms. The fourth-order valence-electron chi connectivity index (χ4n) is 1.40. The number of nitrogens with two attached hydrogens (primary N) is 3. The highest BCUT2D eigenvalue weighted by Crippen LogP contribution is 2.12. The summed E-state index contributed by atoms with van der Waals surface area (Å²) in [4.78, 5) is 0. The molecule has 0 heterocycles. The molecular formula is C9H23N3. The third-order valence-corrected chi connectivity index (χ3v) is 2.15. The normalized spacial score (nSPS) is 13.8. The fraction of sp³-hybridized carbons (Fsp3) is 1.00. The maximum absolute atomic E-state index is 5.59. The minimum atomic E-state index is -0.194. The molecule has 0 saturated heterocycles. The Kier molecular flexibility index (Phi) is 7.45. The van der Waals surface area contributed by atoms with Crippen LogP contribution in [0.15, 0.2) is 0 Å². The van der Waals surface area contributed by atoms with Gasteiger partial charge in [-0.05, 0) is 25.3 Å². The van der Waals surface area contributed by atoms with Crippen LogP contribution >= 0.6 is 0 Å². The molecule has 0 radical (unpaired) electrons. The van der Waals surface area contributed by atoms with E-state index in [2.05, 4.69) is 6.92 Å². The molecule has 0 amide bonds. The zero-order valence-electron chi connectivity index (χ0n) is 8.13. The van der Waals surface area contributed by atoms with Crippen molar-refractivity contribution in [2.45, 2.75) is 45.2 Å². The van der Waals surface area contributed by atoms with E-state index in [1.807, 2.05) is 0 Å². The van der Waals surface area contributed by atoms with Crippen molar-refractivity contribution in [3.63, 3.8) is 0 Å². The van der Waals surface area contributed by atoms with Gasteiger partial charge in [0.05, 0.1) is 6.17 Å². The molecule has 0 aromatic heterocycles. The van der Waals surface area contributed by atoms with Crippen molar-refractivity contribution in [2.75, 3.05) is 6.54 Å². The number of hydrogen-bond acceptors (Lipinski definition) is 3. The maximum Gasteiger partial charge on any atom is 0.0524 e. The SMILES string of the molecule is CCCCCC(CN)CC(N)N. The average molecular weight is 173 g/mol. The van der Waals surface area contributed by atoms with Gasteiger partial charge >= 0.3 is 0 Å². The molecule has 0 aromatic carbocycles. The molecule has 0 aliphatic carbocycles. The van der Waals surface area contributed by atoms with E-state index in [1.54, 1.807) is 0 Å². The first-order valence-corrected chi connectivity index (χ1v) is 4.92. The van der Waals surface area contributed by atoms with Crippen LogP contribution in [0.1, 0.15) is 39.0 Å². The van der Waals surface area contributed by atoms with Gasteiger partial charge in [-0.25, -0.2) is 0 Å². The van der Waals surface area contributed by atoms with Gasteiger partial charge in [-0.15, -0.1) is 0 Å². The van der Waals surface area contributed by atoms with E-state index in [4.69, 9.17) is 17.2 Å². The lowest BCUT2D eigenvalue weighted by atomic mass is 9.97. The third-order valence-electron chi connectivity index (χ3n) is 2.15. The van der Waals surface area contributed by atoms with E-state index in [9.17, 15) is 0 Å². The van der Waals surface area contributed by atoms with Gasteiger partial charge in [0.25, 0.3) is 0 Å². The van der Waals surface area contributed by atoms with Gasteiger partial charge in [-0.1, -0.05) is 26.2 Å². The van der Waals surface area contributed by atoms with E-state index in [-0.39, 0.29) is 6.17 Å². The Morgan fingerprint density at radius 3 is 2.25 bits per heavy atom. The lowest BCUT2D eigenvalue weighted by Gasteiger charge is -2.16. The first-order valence-electron chi connectivity index (χ1n) is 4.92. The monoisotopic (exact) mass is 173 g/mol. The predicted octanol–water partition coefficient (Wildman–Crippen LogP) is 0.775. The van der Waals surface area contributed by atoms with E-state index in [0.29, 0.717) is 12.5 Å². The molecule has 0 bridgehead atoms. The van der Waals surface area contributed by atoms with Crippen molar-refractivity contribution in [2.24, 2.45) is 23.1 Å². The van der Waals surface area contributed by atoms with Gasteiger partial charge < -0.3 is 17.2 Å². The summed E-state index contributed by atoms with van der Waals surface area (Å²) < 4.78 is 0. The van der Waals surface area contributed by atoms with Crippen molar-refractivity contribution in [1.82, 2.24) is 0 Å². The molecular weight excluding hydrogens is 150 g/mol. The lowest BCUT2D eigenvalue weighted by Crippen LogP contribution is -2.34. The number of hydrogen-bond donors (Lipinski definition) is 3. The van der Waals surface area contributed by atoms with E-state index in [0.717, 1.165) is 6.42 Å². The Morgan fingerprint density at radius 2 is 1.83 bits per heavy atom.